The summed E-state index contributed by atoms with van der Waals surface area (Å²) in [6.45, 7) is 0. The van der Waals surface area contributed by atoms with Crippen molar-refractivity contribution in [2.45, 2.75) is 0 Å². The van der Waals surface area contributed by atoms with E-state index >= 15 is 0 Å². The van der Waals surface area contributed by atoms with Gasteiger partial charge in [0.25, 0.3) is 0 Å². The molecule has 0 amide bonds. The van der Waals surface area contributed by atoms with Crippen LogP contribution in [0.25, 0.3) is 54.7 Å². The van der Waals surface area contributed by atoms with Crippen molar-refractivity contribution in [3.05, 3.63) is 97.2 Å². The number of benzene rings is 5. The van der Waals surface area contributed by atoms with Crippen molar-refractivity contribution in [3.63, 3.8) is 0 Å². The Balaban J connectivity index is 1.78. The third-order valence-electron chi connectivity index (χ3n) is 5.97. The summed E-state index contributed by atoms with van der Waals surface area (Å²) in [6, 6.07) is 32.2. The number of methoxy groups -OCH3 is 1. The highest BCUT2D eigenvalue weighted by molar-refractivity contribution is 6.27. The van der Waals surface area contributed by atoms with Gasteiger partial charge < -0.3 is 4.74 Å². The minimum atomic E-state index is 0.857. The molecule has 30 heavy (non-hydrogen) atoms. The molecule has 0 radical (unpaired) electrons. The summed E-state index contributed by atoms with van der Waals surface area (Å²) in [5.74, 6) is 0.857. The van der Waals surface area contributed by atoms with Crippen molar-refractivity contribution >= 4 is 32.3 Å². The van der Waals surface area contributed by atoms with Crippen molar-refractivity contribution in [1.29, 1.82) is 0 Å². The summed E-state index contributed by atoms with van der Waals surface area (Å²) in [6.07, 6.45) is 1.87. The fourth-order valence-electron chi connectivity index (χ4n) is 4.60. The van der Waals surface area contributed by atoms with E-state index in [1.807, 2.05) is 24.4 Å². The van der Waals surface area contributed by atoms with E-state index in [0.29, 0.717) is 0 Å². The second kappa shape index (κ2) is 6.57. The van der Waals surface area contributed by atoms with Crippen LogP contribution in [-0.4, -0.2) is 12.1 Å². The predicted octanol–water partition coefficient (Wildman–Crippen LogP) is 7.32. The third-order valence-corrected chi connectivity index (χ3v) is 5.97. The van der Waals surface area contributed by atoms with E-state index < -0.39 is 0 Å². The second-order valence-corrected chi connectivity index (χ2v) is 7.60. The fraction of sp³-hybridized carbons (Fsp3) is 0.0357. The Kier molecular flexibility index (Phi) is 3.72. The van der Waals surface area contributed by atoms with E-state index in [0.717, 1.165) is 17.0 Å². The zero-order chi connectivity index (χ0) is 20.1. The van der Waals surface area contributed by atoms with Gasteiger partial charge in [-0.3, -0.25) is 4.98 Å². The summed E-state index contributed by atoms with van der Waals surface area (Å²) in [5, 5.41) is 7.67. The molecular weight excluding hydrogens is 366 g/mol. The summed E-state index contributed by atoms with van der Waals surface area (Å²) in [7, 11) is 1.70. The molecule has 6 rings (SSSR count). The Morgan fingerprint density at radius 1 is 0.667 bits per heavy atom. The van der Waals surface area contributed by atoms with Crippen LogP contribution in [0.2, 0.25) is 0 Å². The SMILES string of the molecule is COc1ccc(-c2cc3ccc4cccc5ccc(c2-c2ccccn2)c3c45)cc1. The molecule has 0 unspecified atom stereocenters. The van der Waals surface area contributed by atoms with E-state index in [2.05, 4.69) is 72.8 Å². The van der Waals surface area contributed by atoms with Crippen LogP contribution in [0.15, 0.2) is 97.2 Å². The normalized spacial score (nSPS) is 11.5. The molecule has 0 saturated heterocycles. The monoisotopic (exact) mass is 385 g/mol. The van der Waals surface area contributed by atoms with Gasteiger partial charge in [-0.25, -0.2) is 0 Å². The molecule has 0 N–H and O–H groups in total. The van der Waals surface area contributed by atoms with Gasteiger partial charge >= 0.3 is 0 Å². The number of rotatable bonds is 3. The zero-order valence-electron chi connectivity index (χ0n) is 16.6. The number of ether oxygens (including phenoxy) is 1. The van der Waals surface area contributed by atoms with E-state index in [-0.39, 0.29) is 0 Å². The molecule has 2 heteroatoms. The molecule has 0 aliphatic rings. The van der Waals surface area contributed by atoms with Gasteiger partial charge in [0.2, 0.25) is 0 Å². The van der Waals surface area contributed by atoms with Crippen molar-refractivity contribution < 1.29 is 4.74 Å². The Bertz CT molecular complexity index is 1490. The molecule has 0 aliphatic carbocycles. The predicted molar refractivity (Wildman–Crippen MR) is 125 cm³/mol. The highest BCUT2D eigenvalue weighted by atomic mass is 16.5. The maximum atomic E-state index is 5.37. The molecule has 2 nitrogen and oxygen atoms in total. The Labute approximate surface area is 174 Å². The molecule has 0 bridgehead atoms. The Hall–Kier alpha value is -3.91. The first-order valence-electron chi connectivity index (χ1n) is 10.1. The van der Waals surface area contributed by atoms with Gasteiger partial charge in [-0.05, 0) is 73.8 Å². The first-order valence-corrected chi connectivity index (χ1v) is 10.1. The second-order valence-electron chi connectivity index (χ2n) is 7.60. The quantitative estimate of drug-likeness (QED) is 0.298. The van der Waals surface area contributed by atoms with Crippen LogP contribution in [0.5, 0.6) is 5.75 Å². The average Bonchev–Trinajstić information content (AvgIpc) is 2.82. The lowest BCUT2D eigenvalue weighted by Gasteiger charge is -2.18. The Morgan fingerprint density at radius 3 is 2.17 bits per heavy atom. The van der Waals surface area contributed by atoms with Crippen LogP contribution in [0.4, 0.5) is 0 Å². The number of nitrogens with zero attached hydrogens (tertiary/aromatic N) is 1. The van der Waals surface area contributed by atoms with E-state index in [4.69, 9.17) is 9.72 Å². The number of pyridine rings is 1. The minimum absolute atomic E-state index is 0.857. The summed E-state index contributed by atoms with van der Waals surface area (Å²) in [4.78, 5) is 4.73. The maximum Gasteiger partial charge on any atom is 0.118 e. The van der Waals surface area contributed by atoms with Crippen molar-refractivity contribution in [1.82, 2.24) is 4.98 Å². The standard InChI is InChI=1S/C28H19NO/c1-30-22-13-10-18(11-14-22)24-17-21-9-8-19-5-4-6-20-12-15-23(27(21)26(19)20)28(24)25-7-2-3-16-29-25/h2-17H,1H3. The van der Waals surface area contributed by atoms with Crippen LogP contribution >= 0.6 is 0 Å². The number of aromatic nitrogens is 1. The van der Waals surface area contributed by atoms with Gasteiger partial charge in [-0.15, -0.1) is 0 Å². The molecule has 142 valence electrons. The summed E-state index contributed by atoms with van der Waals surface area (Å²) < 4.78 is 5.37. The Morgan fingerprint density at radius 2 is 1.43 bits per heavy atom. The molecule has 0 saturated carbocycles. The van der Waals surface area contributed by atoms with Crippen LogP contribution in [0.3, 0.4) is 0 Å². The maximum absolute atomic E-state index is 5.37. The van der Waals surface area contributed by atoms with Crippen molar-refractivity contribution in [2.24, 2.45) is 0 Å². The van der Waals surface area contributed by atoms with E-state index in [1.165, 1.54) is 43.4 Å². The zero-order valence-corrected chi connectivity index (χ0v) is 16.6. The summed E-state index contributed by atoms with van der Waals surface area (Å²) >= 11 is 0. The van der Waals surface area contributed by atoms with Crippen LogP contribution in [-0.2, 0) is 0 Å². The molecule has 5 aromatic carbocycles. The topological polar surface area (TPSA) is 22.1 Å². The van der Waals surface area contributed by atoms with E-state index in [9.17, 15) is 0 Å². The summed E-state index contributed by atoms with van der Waals surface area (Å²) in [5.41, 5.74) is 4.50. The minimum Gasteiger partial charge on any atom is -0.497 e. The highest BCUT2D eigenvalue weighted by Gasteiger charge is 2.17. The van der Waals surface area contributed by atoms with Gasteiger partial charge in [0.15, 0.2) is 0 Å². The molecule has 6 aromatic rings. The van der Waals surface area contributed by atoms with Crippen molar-refractivity contribution in [3.8, 4) is 28.1 Å². The smallest absolute Gasteiger partial charge is 0.118 e. The van der Waals surface area contributed by atoms with Crippen molar-refractivity contribution in [2.75, 3.05) is 7.11 Å². The molecule has 0 fully saturated rings. The lowest BCUT2D eigenvalue weighted by Crippen LogP contribution is -1.93. The number of hydrogen-bond donors (Lipinski definition) is 0. The van der Waals surface area contributed by atoms with Gasteiger partial charge in [-0.1, -0.05) is 60.7 Å². The first kappa shape index (κ1) is 17.0. The van der Waals surface area contributed by atoms with Gasteiger partial charge in [0.1, 0.15) is 5.75 Å². The van der Waals surface area contributed by atoms with Gasteiger partial charge in [0, 0.05) is 11.8 Å². The highest BCUT2D eigenvalue weighted by Crippen LogP contribution is 2.44. The molecular formula is C28H19NO. The average molecular weight is 385 g/mol. The van der Waals surface area contributed by atoms with Gasteiger partial charge in [-0.2, -0.15) is 0 Å². The molecule has 0 aliphatic heterocycles. The van der Waals surface area contributed by atoms with Crippen LogP contribution in [0.1, 0.15) is 0 Å². The van der Waals surface area contributed by atoms with E-state index in [1.54, 1.807) is 7.11 Å². The van der Waals surface area contributed by atoms with Crippen LogP contribution in [0, 0.1) is 0 Å². The molecule has 0 spiro atoms. The van der Waals surface area contributed by atoms with Gasteiger partial charge in [0.05, 0.1) is 12.8 Å². The lowest BCUT2D eigenvalue weighted by atomic mass is 9.86. The third kappa shape index (κ3) is 2.47. The molecule has 1 aromatic heterocycles. The lowest BCUT2D eigenvalue weighted by molar-refractivity contribution is 0.415. The molecule has 1 heterocycles. The van der Waals surface area contributed by atoms with Crippen LogP contribution < -0.4 is 4.74 Å². The fourth-order valence-corrected chi connectivity index (χ4v) is 4.60. The first-order chi connectivity index (χ1) is 14.8. The number of hydrogen-bond acceptors (Lipinski definition) is 2. The molecule has 0 atom stereocenters. The largest absolute Gasteiger partial charge is 0.497 e.